The Morgan fingerprint density at radius 3 is 2.76 bits per heavy atom. The number of fused-ring (bicyclic) bond motifs is 1. The van der Waals surface area contributed by atoms with Gasteiger partial charge in [-0.15, -0.1) is 0 Å². The van der Waals surface area contributed by atoms with Crippen LogP contribution in [0.4, 0.5) is 0 Å². The highest BCUT2D eigenvalue weighted by Gasteiger charge is 2.31. The molecule has 3 rings (SSSR count). The van der Waals surface area contributed by atoms with Gasteiger partial charge in [-0.3, -0.25) is 9.59 Å². The molecule has 7 heteroatoms. The van der Waals surface area contributed by atoms with Gasteiger partial charge >= 0.3 is 5.97 Å². The monoisotopic (exact) mass is 288 g/mol. The number of aromatic amines is 1. The minimum atomic E-state index is -0.841. The van der Waals surface area contributed by atoms with Crippen LogP contribution < -0.4 is 5.32 Å². The number of nitrogens with one attached hydrogen (secondary N) is 2. The topological polar surface area (TPSA) is 108 Å². The van der Waals surface area contributed by atoms with Crippen LogP contribution in [-0.4, -0.2) is 38.4 Å². The molecule has 1 aliphatic rings. The maximum absolute atomic E-state index is 12.3. The highest BCUT2D eigenvalue weighted by Crippen LogP contribution is 2.25. The Morgan fingerprint density at radius 1 is 1.19 bits per heavy atom. The summed E-state index contributed by atoms with van der Waals surface area (Å²) < 4.78 is 0. The minimum absolute atomic E-state index is 0.266. The molecule has 21 heavy (non-hydrogen) atoms. The first-order valence-corrected chi connectivity index (χ1v) is 6.99. The molecule has 0 aliphatic heterocycles. The number of carbonyl (C=O) groups excluding carboxylic acids is 1. The summed E-state index contributed by atoms with van der Waals surface area (Å²) in [6, 6.07) is 4.71. The summed E-state index contributed by atoms with van der Waals surface area (Å²) >= 11 is 0. The van der Waals surface area contributed by atoms with Gasteiger partial charge in [-0.2, -0.15) is 15.4 Å². The number of carboxylic acid groups (broad SMARTS) is 1. The Morgan fingerprint density at radius 2 is 1.95 bits per heavy atom. The number of amides is 1. The standard InChI is InChI=1S/C14H16N4O3/c19-13(8-5-6-11-12(7-8)17-18-16-11)15-10-4-2-1-3-9(10)14(20)21/h5-7,9-10H,1-4H2,(H,15,19)(H,20,21)(H,16,17,18). The van der Waals surface area contributed by atoms with Crippen molar-refractivity contribution in [2.45, 2.75) is 31.7 Å². The maximum atomic E-state index is 12.3. The van der Waals surface area contributed by atoms with Crippen molar-refractivity contribution in [3.8, 4) is 0 Å². The second-order valence-electron chi connectivity index (χ2n) is 5.34. The zero-order valence-corrected chi connectivity index (χ0v) is 11.4. The second-order valence-corrected chi connectivity index (χ2v) is 5.34. The van der Waals surface area contributed by atoms with Crippen LogP contribution in [0.15, 0.2) is 18.2 Å². The molecule has 1 aromatic carbocycles. The number of H-pyrrole nitrogens is 1. The van der Waals surface area contributed by atoms with Gasteiger partial charge in [0.1, 0.15) is 11.0 Å². The van der Waals surface area contributed by atoms with Gasteiger partial charge in [0.15, 0.2) is 0 Å². The Bertz CT molecular complexity index is 682. The summed E-state index contributed by atoms with van der Waals surface area (Å²) in [5.74, 6) is -1.61. The third-order valence-corrected chi connectivity index (χ3v) is 3.98. The first kappa shape index (κ1) is 13.5. The third kappa shape index (κ3) is 2.72. The molecule has 7 nitrogen and oxygen atoms in total. The van der Waals surface area contributed by atoms with E-state index in [9.17, 15) is 14.7 Å². The fourth-order valence-corrected chi connectivity index (χ4v) is 2.83. The van der Waals surface area contributed by atoms with E-state index in [1.165, 1.54) is 0 Å². The lowest BCUT2D eigenvalue weighted by Gasteiger charge is -2.29. The van der Waals surface area contributed by atoms with Crippen molar-refractivity contribution in [3.05, 3.63) is 23.8 Å². The van der Waals surface area contributed by atoms with Gasteiger partial charge < -0.3 is 10.4 Å². The number of rotatable bonds is 3. The van der Waals surface area contributed by atoms with E-state index >= 15 is 0 Å². The fourth-order valence-electron chi connectivity index (χ4n) is 2.83. The molecule has 1 fully saturated rings. The number of nitrogens with zero attached hydrogens (tertiary/aromatic N) is 2. The maximum Gasteiger partial charge on any atom is 0.308 e. The summed E-state index contributed by atoms with van der Waals surface area (Å²) in [6.07, 6.45) is 3.16. The van der Waals surface area contributed by atoms with Crippen LogP contribution in [0.3, 0.4) is 0 Å². The fraction of sp³-hybridized carbons (Fsp3) is 0.429. The van der Waals surface area contributed by atoms with Crippen LogP contribution in [0.2, 0.25) is 0 Å². The highest BCUT2D eigenvalue weighted by molar-refractivity contribution is 5.97. The Labute approximate surface area is 120 Å². The van der Waals surface area contributed by atoms with Crippen molar-refractivity contribution in [1.82, 2.24) is 20.7 Å². The molecule has 0 radical (unpaired) electrons. The highest BCUT2D eigenvalue weighted by atomic mass is 16.4. The van der Waals surface area contributed by atoms with Gasteiger partial charge in [-0.05, 0) is 31.0 Å². The van der Waals surface area contributed by atoms with Crippen molar-refractivity contribution in [1.29, 1.82) is 0 Å². The average Bonchev–Trinajstić information content (AvgIpc) is 2.94. The Kier molecular flexibility index (Phi) is 3.55. The molecule has 1 aromatic heterocycles. The number of carboxylic acids is 1. The van der Waals surface area contributed by atoms with Crippen LogP contribution in [0.5, 0.6) is 0 Å². The largest absolute Gasteiger partial charge is 0.481 e. The summed E-state index contributed by atoms with van der Waals surface area (Å²) in [5, 5.41) is 22.4. The van der Waals surface area contributed by atoms with Crippen molar-refractivity contribution < 1.29 is 14.7 Å². The number of aliphatic carboxylic acids is 1. The quantitative estimate of drug-likeness (QED) is 0.789. The summed E-state index contributed by atoms with van der Waals surface area (Å²) in [6.45, 7) is 0. The van der Waals surface area contributed by atoms with Gasteiger partial charge in [0.05, 0.1) is 5.92 Å². The predicted octanol–water partition coefficient (Wildman–Crippen LogP) is 1.33. The zero-order chi connectivity index (χ0) is 14.8. The molecule has 0 spiro atoms. The van der Waals surface area contributed by atoms with E-state index in [1.54, 1.807) is 18.2 Å². The molecule has 1 heterocycles. The van der Waals surface area contributed by atoms with Gasteiger partial charge in [0.2, 0.25) is 0 Å². The smallest absolute Gasteiger partial charge is 0.308 e. The first-order valence-electron chi connectivity index (χ1n) is 6.99. The van der Waals surface area contributed by atoms with Crippen molar-refractivity contribution >= 4 is 22.9 Å². The first-order chi connectivity index (χ1) is 10.1. The number of aromatic nitrogens is 3. The lowest BCUT2D eigenvalue weighted by molar-refractivity contribution is -0.143. The number of hydrogen-bond donors (Lipinski definition) is 3. The molecule has 110 valence electrons. The lowest BCUT2D eigenvalue weighted by Crippen LogP contribution is -2.45. The molecule has 2 unspecified atom stereocenters. The molecule has 0 saturated heterocycles. The average molecular weight is 288 g/mol. The normalized spacial score (nSPS) is 22.1. The van der Waals surface area contributed by atoms with Gasteiger partial charge in [-0.1, -0.05) is 12.8 Å². The van der Waals surface area contributed by atoms with Crippen molar-refractivity contribution in [2.24, 2.45) is 5.92 Å². The van der Waals surface area contributed by atoms with Crippen LogP contribution in [0.1, 0.15) is 36.0 Å². The van der Waals surface area contributed by atoms with Crippen molar-refractivity contribution in [2.75, 3.05) is 0 Å². The summed E-state index contributed by atoms with van der Waals surface area (Å²) in [5.41, 5.74) is 1.76. The van der Waals surface area contributed by atoms with Crippen LogP contribution >= 0.6 is 0 Å². The predicted molar refractivity (Wildman–Crippen MR) is 74.7 cm³/mol. The Hall–Kier alpha value is -2.44. The summed E-state index contributed by atoms with van der Waals surface area (Å²) in [7, 11) is 0. The van der Waals surface area contributed by atoms with E-state index in [1.807, 2.05) is 0 Å². The van der Waals surface area contributed by atoms with Crippen LogP contribution in [0, 0.1) is 5.92 Å². The molecule has 2 aromatic rings. The van der Waals surface area contributed by atoms with E-state index in [4.69, 9.17) is 0 Å². The zero-order valence-electron chi connectivity index (χ0n) is 11.4. The molecular formula is C14H16N4O3. The third-order valence-electron chi connectivity index (χ3n) is 3.98. The molecule has 1 saturated carbocycles. The summed E-state index contributed by atoms with van der Waals surface area (Å²) in [4.78, 5) is 23.5. The van der Waals surface area contributed by atoms with Gasteiger partial charge in [0.25, 0.3) is 5.91 Å². The number of hydrogen-bond acceptors (Lipinski definition) is 4. The minimum Gasteiger partial charge on any atom is -0.481 e. The molecular weight excluding hydrogens is 272 g/mol. The van der Waals surface area contributed by atoms with E-state index in [0.29, 0.717) is 29.4 Å². The van der Waals surface area contributed by atoms with Crippen LogP contribution in [-0.2, 0) is 4.79 Å². The van der Waals surface area contributed by atoms with E-state index < -0.39 is 11.9 Å². The molecule has 1 aliphatic carbocycles. The molecule has 3 N–H and O–H groups in total. The molecule has 2 atom stereocenters. The second kappa shape index (κ2) is 5.51. The lowest BCUT2D eigenvalue weighted by atomic mass is 9.84. The molecule has 0 bridgehead atoms. The van der Waals surface area contributed by atoms with Crippen LogP contribution in [0.25, 0.3) is 11.0 Å². The van der Waals surface area contributed by atoms with E-state index in [0.717, 1.165) is 12.8 Å². The SMILES string of the molecule is O=C(NC1CCCCC1C(=O)O)c1ccc2n[nH]nc2c1. The number of carbonyl (C=O) groups is 2. The van der Waals surface area contributed by atoms with Gasteiger partial charge in [0, 0.05) is 11.6 Å². The van der Waals surface area contributed by atoms with E-state index in [-0.39, 0.29) is 11.9 Å². The number of benzene rings is 1. The Balaban J connectivity index is 1.76. The molecule has 1 amide bonds. The van der Waals surface area contributed by atoms with Gasteiger partial charge in [-0.25, -0.2) is 0 Å². The van der Waals surface area contributed by atoms with Crippen molar-refractivity contribution in [3.63, 3.8) is 0 Å². The van der Waals surface area contributed by atoms with E-state index in [2.05, 4.69) is 20.7 Å².